The first-order valence-electron chi connectivity index (χ1n) is 11.4. The van der Waals surface area contributed by atoms with Crippen LogP contribution >= 0.6 is 0 Å². The second-order valence-corrected chi connectivity index (χ2v) is 8.54. The van der Waals surface area contributed by atoms with Gasteiger partial charge in [-0.05, 0) is 29.5 Å². The fourth-order valence-electron chi connectivity index (χ4n) is 5.00. The molecule has 0 unspecified atom stereocenters. The quantitative estimate of drug-likeness (QED) is 0.351. The SMILES string of the molecule is O[C@H]1CCCCC[C@H]1n1cc(-c2ccccc2)c(-c2ccccc2)c1-c1ccccc1. The van der Waals surface area contributed by atoms with Gasteiger partial charge in [-0.1, -0.05) is 110 Å². The minimum Gasteiger partial charge on any atom is -0.391 e. The molecular formula is C29H29NO. The minimum atomic E-state index is -0.315. The standard InChI is InChI=1S/C29H29NO/c31-27-20-12-4-11-19-26(27)30-21-25(22-13-5-1-6-14-22)28(23-15-7-2-8-16-23)29(30)24-17-9-3-10-18-24/h1-3,5-10,13-18,21,26-27,31H,4,11-12,19-20H2/t26-,27+/m1/s1. The van der Waals surface area contributed by atoms with Crippen LogP contribution in [0.25, 0.3) is 33.5 Å². The number of hydrogen-bond donors (Lipinski definition) is 1. The Morgan fingerprint density at radius 3 is 1.81 bits per heavy atom. The molecule has 0 saturated heterocycles. The largest absolute Gasteiger partial charge is 0.391 e. The molecule has 5 rings (SSSR count). The van der Waals surface area contributed by atoms with Crippen LogP contribution in [0.15, 0.2) is 97.2 Å². The third kappa shape index (κ3) is 3.96. The molecule has 1 fully saturated rings. The van der Waals surface area contributed by atoms with E-state index >= 15 is 0 Å². The number of hydrogen-bond acceptors (Lipinski definition) is 1. The molecule has 0 radical (unpaired) electrons. The van der Waals surface area contributed by atoms with Crippen molar-refractivity contribution >= 4 is 0 Å². The van der Waals surface area contributed by atoms with Crippen molar-refractivity contribution in [3.8, 4) is 33.5 Å². The van der Waals surface area contributed by atoms with Crippen molar-refractivity contribution in [3.63, 3.8) is 0 Å². The molecule has 0 bridgehead atoms. The number of nitrogens with zero attached hydrogens (tertiary/aromatic N) is 1. The molecule has 2 atom stereocenters. The Morgan fingerprint density at radius 2 is 1.16 bits per heavy atom. The number of benzene rings is 3. The van der Waals surface area contributed by atoms with Crippen LogP contribution in [0.5, 0.6) is 0 Å². The number of aromatic nitrogens is 1. The number of aliphatic hydroxyl groups excluding tert-OH is 1. The number of rotatable bonds is 4. The second kappa shape index (κ2) is 8.95. The predicted molar refractivity (Wildman–Crippen MR) is 129 cm³/mol. The van der Waals surface area contributed by atoms with Crippen LogP contribution in [0.4, 0.5) is 0 Å². The highest BCUT2D eigenvalue weighted by atomic mass is 16.3. The van der Waals surface area contributed by atoms with Crippen molar-refractivity contribution in [1.82, 2.24) is 4.57 Å². The summed E-state index contributed by atoms with van der Waals surface area (Å²) in [7, 11) is 0. The van der Waals surface area contributed by atoms with Gasteiger partial charge < -0.3 is 9.67 Å². The molecule has 2 heteroatoms. The molecule has 1 aliphatic rings. The molecule has 2 nitrogen and oxygen atoms in total. The maximum absolute atomic E-state index is 11.1. The van der Waals surface area contributed by atoms with E-state index in [1.54, 1.807) is 0 Å². The summed E-state index contributed by atoms with van der Waals surface area (Å²) in [4.78, 5) is 0. The molecule has 1 saturated carbocycles. The third-order valence-corrected chi connectivity index (χ3v) is 6.53. The van der Waals surface area contributed by atoms with E-state index in [-0.39, 0.29) is 12.1 Å². The summed E-state index contributed by atoms with van der Waals surface area (Å²) < 4.78 is 2.38. The maximum atomic E-state index is 11.1. The van der Waals surface area contributed by atoms with Crippen molar-refractivity contribution in [3.05, 3.63) is 97.2 Å². The maximum Gasteiger partial charge on any atom is 0.0747 e. The molecule has 1 aromatic heterocycles. The van der Waals surface area contributed by atoms with Crippen molar-refractivity contribution < 1.29 is 5.11 Å². The molecule has 0 aliphatic heterocycles. The molecule has 1 heterocycles. The molecular weight excluding hydrogens is 378 g/mol. The van der Waals surface area contributed by atoms with Crippen LogP contribution in [0, 0.1) is 0 Å². The summed E-state index contributed by atoms with van der Waals surface area (Å²) in [5.74, 6) is 0. The van der Waals surface area contributed by atoms with Gasteiger partial charge in [-0.2, -0.15) is 0 Å². The fourth-order valence-corrected chi connectivity index (χ4v) is 5.00. The van der Waals surface area contributed by atoms with E-state index in [1.807, 2.05) is 0 Å². The molecule has 31 heavy (non-hydrogen) atoms. The third-order valence-electron chi connectivity index (χ3n) is 6.53. The first kappa shape index (κ1) is 19.8. The summed E-state index contributed by atoms with van der Waals surface area (Å²) in [5.41, 5.74) is 7.29. The Labute approximate surface area is 184 Å². The molecule has 3 aromatic carbocycles. The van der Waals surface area contributed by atoms with E-state index in [0.717, 1.165) is 25.7 Å². The fraction of sp³-hybridized carbons (Fsp3) is 0.241. The van der Waals surface area contributed by atoms with Crippen molar-refractivity contribution in [2.75, 3.05) is 0 Å². The van der Waals surface area contributed by atoms with Crippen LogP contribution in [-0.4, -0.2) is 15.8 Å². The normalized spacial score (nSPS) is 19.1. The van der Waals surface area contributed by atoms with Gasteiger partial charge in [0.25, 0.3) is 0 Å². The van der Waals surface area contributed by atoms with E-state index in [2.05, 4.69) is 102 Å². The first-order chi connectivity index (χ1) is 15.3. The lowest BCUT2D eigenvalue weighted by molar-refractivity contribution is 0.106. The topological polar surface area (TPSA) is 25.2 Å². The lowest BCUT2D eigenvalue weighted by Crippen LogP contribution is -2.23. The molecule has 1 aliphatic carbocycles. The Hall–Kier alpha value is -3.10. The smallest absolute Gasteiger partial charge is 0.0747 e. The zero-order valence-electron chi connectivity index (χ0n) is 17.8. The van der Waals surface area contributed by atoms with E-state index in [1.165, 1.54) is 39.9 Å². The van der Waals surface area contributed by atoms with Gasteiger partial charge in [-0.3, -0.25) is 0 Å². The molecule has 156 valence electrons. The predicted octanol–water partition coefficient (Wildman–Crippen LogP) is 7.36. The molecule has 4 aromatic rings. The van der Waals surface area contributed by atoms with Gasteiger partial charge in [0, 0.05) is 17.3 Å². The Balaban J connectivity index is 1.81. The van der Waals surface area contributed by atoms with Gasteiger partial charge in [0.1, 0.15) is 0 Å². The van der Waals surface area contributed by atoms with Gasteiger partial charge in [0.05, 0.1) is 17.8 Å². The van der Waals surface area contributed by atoms with E-state index in [4.69, 9.17) is 0 Å². The lowest BCUT2D eigenvalue weighted by Gasteiger charge is -2.25. The highest BCUT2D eigenvalue weighted by Crippen LogP contribution is 2.45. The molecule has 0 spiro atoms. The molecule has 1 N–H and O–H groups in total. The van der Waals surface area contributed by atoms with Crippen molar-refractivity contribution in [1.29, 1.82) is 0 Å². The van der Waals surface area contributed by atoms with Crippen LogP contribution in [0.1, 0.15) is 38.1 Å². The highest BCUT2D eigenvalue weighted by molar-refractivity contribution is 5.94. The van der Waals surface area contributed by atoms with Crippen molar-refractivity contribution in [2.24, 2.45) is 0 Å². The van der Waals surface area contributed by atoms with Crippen molar-refractivity contribution in [2.45, 2.75) is 44.2 Å². The second-order valence-electron chi connectivity index (χ2n) is 8.54. The zero-order valence-corrected chi connectivity index (χ0v) is 17.8. The lowest BCUT2D eigenvalue weighted by atomic mass is 9.94. The Bertz CT molecular complexity index is 1120. The summed E-state index contributed by atoms with van der Waals surface area (Å²) in [6, 6.07) is 32.1. The summed E-state index contributed by atoms with van der Waals surface area (Å²) in [5, 5.41) is 11.1. The summed E-state index contributed by atoms with van der Waals surface area (Å²) in [6.45, 7) is 0. The van der Waals surface area contributed by atoms with Gasteiger partial charge in [0.15, 0.2) is 0 Å². The first-order valence-corrected chi connectivity index (χ1v) is 11.4. The van der Waals surface area contributed by atoms with Gasteiger partial charge in [-0.15, -0.1) is 0 Å². The van der Waals surface area contributed by atoms with Crippen LogP contribution in [0.2, 0.25) is 0 Å². The minimum absolute atomic E-state index is 0.0950. The van der Waals surface area contributed by atoms with Crippen LogP contribution in [-0.2, 0) is 0 Å². The van der Waals surface area contributed by atoms with Gasteiger partial charge >= 0.3 is 0 Å². The van der Waals surface area contributed by atoms with Crippen LogP contribution < -0.4 is 0 Å². The summed E-state index contributed by atoms with van der Waals surface area (Å²) in [6.07, 6.45) is 7.33. The van der Waals surface area contributed by atoms with E-state index in [0.29, 0.717) is 0 Å². The Morgan fingerprint density at radius 1 is 0.613 bits per heavy atom. The zero-order chi connectivity index (χ0) is 21.0. The monoisotopic (exact) mass is 407 g/mol. The van der Waals surface area contributed by atoms with Crippen LogP contribution in [0.3, 0.4) is 0 Å². The summed E-state index contributed by atoms with van der Waals surface area (Å²) >= 11 is 0. The highest BCUT2D eigenvalue weighted by Gasteiger charge is 2.29. The van der Waals surface area contributed by atoms with E-state index in [9.17, 15) is 5.11 Å². The molecule has 0 amide bonds. The number of aliphatic hydroxyl groups is 1. The van der Waals surface area contributed by atoms with E-state index < -0.39 is 0 Å². The Kier molecular flexibility index (Phi) is 5.73. The van der Waals surface area contributed by atoms with Gasteiger partial charge in [0.2, 0.25) is 0 Å². The van der Waals surface area contributed by atoms with Gasteiger partial charge in [-0.25, -0.2) is 0 Å². The average Bonchev–Trinajstić information content (AvgIpc) is 3.10. The average molecular weight is 408 g/mol.